The van der Waals surface area contributed by atoms with Crippen molar-refractivity contribution in [1.29, 1.82) is 0 Å². The van der Waals surface area contributed by atoms with Crippen molar-refractivity contribution >= 4 is 5.69 Å². The van der Waals surface area contributed by atoms with Crippen LogP contribution in [0.25, 0.3) is 0 Å². The summed E-state index contributed by atoms with van der Waals surface area (Å²) >= 11 is 0. The van der Waals surface area contributed by atoms with Gasteiger partial charge in [-0.15, -0.1) is 0 Å². The summed E-state index contributed by atoms with van der Waals surface area (Å²) in [5.74, 6) is 2.10. The number of likely N-dealkylation sites (tertiary alicyclic amines) is 1. The quantitative estimate of drug-likeness (QED) is 0.452. The first kappa shape index (κ1) is 23.9. The van der Waals surface area contributed by atoms with Gasteiger partial charge in [-0.05, 0) is 48.7 Å². The van der Waals surface area contributed by atoms with Crippen LogP contribution in [0.15, 0.2) is 71.1 Å². The van der Waals surface area contributed by atoms with Crippen molar-refractivity contribution in [2.24, 2.45) is 5.92 Å². The van der Waals surface area contributed by atoms with Gasteiger partial charge < -0.3 is 9.32 Å². The Morgan fingerprint density at radius 3 is 2.31 bits per heavy atom. The number of benzene rings is 2. The Bertz CT molecular complexity index is 1110. The van der Waals surface area contributed by atoms with Crippen molar-refractivity contribution in [3.8, 4) is 0 Å². The molecule has 3 aromatic rings. The zero-order valence-electron chi connectivity index (χ0n) is 20.0. The number of halogens is 3. The smallest absolute Gasteiger partial charge is 0.416 e. The molecule has 186 valence electrons. The van der Waals surface area contributed by atoms with Crippen molar-refractivity contribution < 1.29 is 17.6 Å². The summed E-state index contributed by atoms with van der Waals surface area (Å²) in [7, 11) is 0. The SMILES string of the molecule is Cc1ccc(CN2C[C@H](CN3CCN(c4ccccc4)CC3)[C@@H](c3cccc(C(F)(F)F)c3)C2)o1. The van der Waals surface area contributed by atoms with Gasteiger partial charge >= 0.3 is 6.18 Å². The van der Waals surface area contributed by atoms with Crippen LogP contribution in [0.1, 0.15) is 28.6 Å². The maximum absolute atomic E-state index is 13.4. The lowest BCUT2D eigenvalue weighted by Crippen LogP contribution is -2.48. The van der Waals surface area contributed by atoms with Crippen molar-refractivity contribution in [2.45, 2.75) is 25.6 Å². The molecule has 0 unspecified atom stereocenters. The normalized spacial score (nSPS) is 22.1. The molecular weight excluding hydrogens is 451 g/mol. The van der Waals surface area contributed by atoms with Crippen LogP contribution < -0.4 is 4.90 Å². The van der Waals surface area contributed by atoms with Gasteiger partial charge in [0.15, 0.2) is 0 Å². The second kappa shape index (κ2) is 10.1. The van der Waals surface area contributed by atoms with Crippen molar-refractivity contribution in [3.05, 3.63) is 89.4 Å². The number of furan rings is 1. The van der Waals surface area contributed by atoms with E-state index in [1.807, 2.05) is 31.2 Å². The largest absolute Gasteiger partial charge is 0.465 e. The molecule has 2 aromatic carbocycles. The molecule has 0 radical (unpaired) electrons. The summed E-state index contributed by atoms with van der Waals surface area (Å²) < 4.78 is 46.1. The lowest BCUT2D eigenvalue weighted by atomic mass is 9.87. The van der Waals surface area contributed by atoms with E-state index in [1.54, 1.807) is 6.07 Å². The van der Waals surface area contributed by atoms with Gasteiger partial charge in [0.25, 0.3) is 0 Å². The van der Waals surface area contributed by atoms with Crippen molar-refractivity contribution in [1.82, 2.24) is 9.80 Å². The second-order valence-corrected chi connectivity index (χ2v) is 9.82. The van der Waals surface area contributed by atoms with E-state index >= 15 is 0 Å². The number of para-hydroxylation sites is 1. The summed E-state index contributed by atoms with van der Waals surface area (Å²) in [5, 5.41) is 0. The Hall–Kier alpha value is -2.77. The van der Waals surface area contributed by atoms with E-state index in [4.69, 9.17) is 4.42 Å². The topological polar surface area (TPSA) is 22.9 Å². The number of alkyl halides is 3. The van der Waals surface area contributed by atoms with Crippen LogP contribution in [0.2, 0.25) is 0 Å². The molecule has 7 heteroatoms. The summed E-state index contributed by atoms with van der Waals surface area (Å²) in [6.45, 7) is 8.90. The zero-order chi connectivity index (χ0) is 24.4. The van der Waals surface area contributed by atoms with Gasteiger partial charge in [0.1, 0.15) is 11.5 Å². The average molecular weight is 484 g/mol. The fourth-order valence-electron chi connectivity index (χ4n) is 5.55. The van der Waals surface area contributed by atoms with Gasteiger partial charge in [0, 0.05) is 57.4 Å². The predicted molar refractivity (Wildman–Crippen MR) is 131 cm³/mol. The Labute approximate surface area is 204 Å². The van der Waals surface area contributed by atoms with E-state index < -0.39 is 11.7 Å². The Kier molecular flexibility index (Phi) is 6.89. The van der Waals surface area contributed by atoms with E-state index in [0.29, 0.717) is 6.54 Å². The van der Waals surface area contributed by atoms with Crippen LogP contribution in [-0.4, -0.2) is 55.6 Å². The number of hydrogen-bond donors (Lipinski definition) is 0. The molecule has 0 spiro atoms. The van der Waals surface area contributed by atoms with E-state index in [0.717, 1.165) is 62.9 Å². The molecule has 0 N–H and O–H groups in total. The minimum absolute atomic E-state index is 0.0560. The highest BCUT2D eigenvalue weighted by Crippen LogP contribution is 2.37. The predicted octanol–water partition coefficient (Wildman–Crippen LogP) is 5.64. The van der Waals surface area contributed by atoms with E-state index in [9.17, 15) is 13.2 Å². The molecule has 3 heterocycles. The molecular formula is C28H32F3N3O. The standard InChI is InChI=1S/C28H32F3N3O/c1-21-10-11-26(35-21)19-33-18-23(27(20-33)22-6-5-7-24(16-22)28(29,30)31)17-32-12-14-34(15-13-32)25-8-3-2-4-9-25/h2-11,16,23,27H,12-15,17-20H2,1H3/t23-,27+/m0/s1. The first-order valence-electron chi connectivity index (χ1n) is 12.3. The summed E-state index contributed by atoms with van der Waals surface area (Å²) in [4.78, 5) is 7.21. The summed E-state index contributed by atoms with van der Waals surface area (Å²) in [6, 6.07) is 20.3. The molecule has 1 aromatic heterocycles. The molecule has 2 fully saturated rings. The third kappa shape index (κ3) is 5.73. The summed E-state index contributed by atoms with van der Waals surface area (Å²) in [6.07, 6.45) is -4.33. The van der Waals surface area contributed by atoms with Crippen LogP contribution in [0.4, 0.5) is 18.9 Å². The van der Waals surface area contributed by atoms with Crippen LogP contribution >= 0.6 is 0 Å². The number of aryl methyl sites for hydroxylation is 1. The Balaban J connectivity index is 1.30. The highest BCUT2D eigenvalue weighted by atomic mass is 19.4. The Morgan fingerprint density at radius 2 is 1.63 bits per heavy atom. The first-order valence-corrected chi connectivity index (χ1v) is 12.3. The fraction of sp³-hybridized carbons (Fsp3) is 0.429. The lowest BCUT2D eigenvalue weighted by molar-refractivity contribution is -0.137. The molecule has 0 amide bonds. The van der Waals surface area contributed by atoms with Gasteiger partial charge in [-0.3, -0.25) is 9.80 Å². The van der Waals surface area contributed by atoms with Gasteiger partial charge in [-0.25, -0.2) is 0 Å². The van der Waals surface area contributed by atoms with E-state index in [1.165, 1.54) is 17.8 Å². The van der Waals surface area contributed by atoms with Gasteiger partial charge in [-0.2, -0.15) is 13.2 Å². The van der Waals surface area contributed by atoms with E-state index in [2.05, 4.69) is 39.0 Å². The van der Waals surface area contributed by atoms with Gasteiger partial charge in [0.05, 0.1) is 12.1 Å². The molecule has 2 atom stereocenters. The number of anilines is 1. The summed E-state index contributed by atoms with van der Waals surface area (Å²) in [5.41, 5.74) is 1.46. The highest BCUT2D eigenvalue weighted by molar-refractivity contribution is 5.46. The molecule has 0 aliphatic carbocycles. The van der Waals surface area contributed by atoms with E-state index in [-0.39, 0.29) is 11.8 Å². The lowest BCUT2D eigenvalue weighted by Gasteiger charge is -2.38. The molecule has 0 saturated carbocycles. The highest BCUT2D eigenvalue weighted by Gasteiger charge is 2.37. The third-order valence-corrected chi connectivity index (χ3v) is 7.32. The molecule has 2 saturated heterocycles. The molecule has 2 aliphatic rings. The average Bonchev–Trinajstić information content (AvgIpc) is 3.45. The fourth-order valence-corrected chi connectivity index (χ4v) is 5.55. The number of nitrogens with zero attached hydrogens (tertiary/aromatic N) is 3. The van der Waals surface area contributed by atoms with Crippen LogP contribution in [0.3, 0.4) is 0 Å². The zero-order valence-corrected chi connectivity index (χ0v) is 20.0. The maximum Gasteiger partial charge on any atom is 0.416 e. The first-order chi connectivity index (χ1) is 16.8. The third-order valence-electron chi connectivity index (χ3n) is 7.32. The minimum Gasteiger partial charge on any atom is -0.465 e. The Morgan fingerprint density at radius 1 is 0.857 bits per heavy atom. The number of hydrogen-bond acceptors (Lipinski definition) is 4. The second-order valence-electron chi connectivity index (χ2n) is 9.82. The van der Waals surface area contributed by atoms with Gasteiger partial charge in [-0.1, -0.05) is 36.4 Å². The molecule has 2 aliphatic heterocycles. The molecule has 4 nitrogen and oxygen atoms in total. The van der Waals surface area contributed by atoms with Crippen LogP contribution in [0.5, 0.6) is 0 Å². The number of piperazine rings is 1. The molecule has 5 rings (SSSR count). The number of rotatable bonds is 6. The maximum atomic E-state index is 13.4. The van der Waals surface area contributed by atoms with Crippen LogP contribution in [-0.2, 0) is 12.7 Å². The molecule has 35 heavy (non-hydrogen) atoms. The van der Waals surface area contributed by atoms with Crippen molar-refractivity contribution in [2.75, 3.05) is 50.7 Å². The van der Waals surface area contributed by atoms with Gasteiger partial charge in [0.2, 0.25) is 0 Å². The molecule has 0 bridgehead atoms. The minimum atomic E-state index is -4.33. The monoisotopic (exact) mass is 483 g/mol. The van der Waals surface area contributed by atoms with Crippen molar-refractivity contribution in [3.63, 3.8) is 0 Å². The van der Waals surface area contributed by atoms with Crippen LogP contribution in [0, 0.1) is 12.8 Å².